The fraction of sp³-hybridized carbons (Fsp3) is 0.167. The number of halogens is 5. The molecule has 0 aliphatic carbocycles. The monoisotopic (exact) mass is 444 g/mol. The van der Waals surface area contributed by atoms with Gasteiger partial charge in [0.15, 0.2) is 11.5 Å². The molecule has 0 unspecified atom stereocenters. The van der Waals surface area contributed by atoms with E-state index in [4.69, 9.17) is 27.9 Å². The average molecular weight is 445 g/mol. The van der Waals surface area contributed by atoms with E-state index in [9.17, 15) is 18.0 Å². The molecule has 0 radical (unpaired) electrons. The maximum Gasteiger partial charge on any atom is 0.437 e. The summed E-state index contributed by atoms with van der Waals surface area (Å²) in [5.41, 5.74) is -1.81. The number of ether oxygens (including phenoxy) is 1. The number of rotatable bonds is 4. The largest absolute Gasteiger partial charge is 0.449 e. The molecule has 11 heteroatoms. The highest BCUT2D eigenvalue weighted by Crippen LogP contribution is 2.36. The summed E-state index contributed by atoms with van der Waals surface area (Å²) < 4.78 is 45.9. The number of hydrogen-bond acceptors (Lipinski definition) is 5. The van der Waals surface area contributed by atoms with Gasteiger partial charge < -0.3 is 14.6 Å². The second kappa shape index (κ2) is 7.92. The normalized spacial score (nSPS) is 11.4. The molecule has 0 saturated carbocycles. The Labute approximate surface area is 172 Å². The van der Waals surface area contributed by atoms with Gasteiger partial charge in [-0.25, -0.2) is 4.98 Å². The summed E-state index contributed by atoms with van der Waals surface area (Å²) in [7, 11) is 3.57. The molecular weight excluding hydrogens is 432 g/mol. The van der Waals surface area contributed by atoms with Crippen LogP contribution >= 0.6 is 23.2 Å². The summed E-state index contributed by atoms with van der Waals surface area (Å²) in [5, 5.41) is 0.244. The lowest BCUT2D eigenvalue weighted by molar-refractivity contribution is -0.142. The minimum Gasteiger partial charge on any atom is -0.449 e. The first kappa shape index (κ1) is 20.9. The summed E-state index contributed by atoms with van der Waals surface area (Å²) in [6.45, 7) is 0. The van der Waals surface area contributed by atoms with Crippen LogP contribution in [0.4, 0.5) is 18.9 Å². The van der Waals surface area contributed by atoms with Gasteiger partial charge in [-0.15, -0.1) is 0 Å². The minimum atomic E-state index is -4.95. The van der Waals surface area contributed by atoms with Gasteiger partial charge in [0.2, 0.25) is 5.75 Å². The SMILES string of the molecule is CN(C)c1ccc(-c2nc(C(F)(F)F)c(Oc3ccc(Cl)c(Cl)c3)c(=O)[nH]2)nc1. The van der Waals surface area contributed by atoms with Gasteiger partial charge in [0.1, 0.15) is 11.4 Å². The third-order valence-corrected chi connectivity index (χ3v) is 4.50. The van der Waals surface area contributed by atoms with Crippen LogP contribution in [-0.4, -0.2) is 29.0 Å². The van der Waals surface area contributed by atoms with Crippen LogP contribution in [0.2, 0.25) is 10.0 Å². The number of alkyl halides is 3. The highest BCUT2D eigenvalue weighted by Gasteiger charge is 2.39. The van der Waals surface area contributed by atoms with Crippen molar-refractivity contribution < 1.29 is 17.9 Å². The molecular formula is C18H13Cl2F3N4O2. The third-order valence-electron chi connectivity index (χ3n) is 3.76. The summed E-state index contributed by atoms with van der Waals surface area (Å²) in [4.78, 5) is 24.0. The molecule has 0 aliphatic heterocycles. The molecule has 0 saturated heterocycles. The van der Waals surface area contributed by atoms with Gasteiger partial charge in [0.25, 0.3) is 5.56 Å². The Kier molecular flexibility index (Phi) is 5.72. The van der Waals surface area contributed by atoms with E-state index in [1.807, 2.05) is 0 Å². The average Bonchev–Trinajstić information content (AvgIpc) is 2.65. The minimum absolute atomic E-state index is 0.0592. The van der Waals surface area contributed by atoms with Gasteiger partial charge in [-0.3, -0.25) is 9.78 Å². The van der Waals surface area contributed by atoms with Crippen molar-refractivity contribution in [1.29, 1.82) is 0 Å². The number of benzene rings is 1. The molecule has 0 spiro atoms. The van der Waals surface area contributed by atoms with Gasteiger partial charge in [-0.2, -0.15) is 13.2 Å². The van der Waals surface area contributed by atoms with E-state index < -0.39 is 23.2 Å². The fourth-order valence-electron chi connectivity index (χ4n) is 2.32. The lowest BCUT2D eigenvalue weighted by atomic mass is 10.2. The quantitative estimate of drug-likeness (QED) is 0.611. The Bertz CT molecular complexity index is 1100. The molecule has 2 heterocycles. The van der Waals surface area contributed by atoms with Crippen molar-refractivity contribution >= 4 is 28.9 Å². The van der Waals surface area contributed by atoms with Crippen molar-refractivity contribution in [2.75, 3.05) is 19.0 Å². The predicted octanol–water partition coefficient (Wildman–Crippen LogP) is 5.02. The maximum absolute atomic E-state index is 13.6. The number of aromatic amines is 1. The molecule has 0 amide bonds. The Morgan fingerprint density at radius 3 is 2.38 bits per heavy atom. The van der Waals surface area contributed by atoms with Crippen LogP contribution in [0.15, 0.2) is 41.3 Å². The van der Waals surface area contributed by atoms with Crippen LogP contribution in [0.5, 0.6) is 11.5 Å². The molecule has 3 aromatic rings. The third kappa shape index (κ3) is 4.63. The predicted molar refractivity (Wildman–Crippen MR) is 104 cm³/mol. The number of anilines is 1. The van der Waals surface area contributed by atoms with Crippen LogP contribution in [-0.2, 0) is 6.18 Å². The zero-order valence-electron chi connectivity index (χ0n) is 15.0. The molecule has 0 fully saturated rings. The lowest BCUT2D eigenvalue weighted by Gasteiger charge is -2.14. The van der Waals surface area contributed by atoms with E-state index in [0.29, 0.717) is 0 Å². The van der Waals surface area contributed by atoms with E-state index in [1.54, 1.807) is 25.1 Å². The van der Waals surface area contributed by atoms with Crippen molar-refractivity contribution in [3.05, 3.63) is 62.6 Å². The Balaban J connectivity index is 2.08. The number of pyridine rings is 1. The molecule has 2 aromatic heterocycles. The summed E-state index contributed by atoms with van der Waals surface area (Å²) in [5.74, 6) is -1.45. The fourth-order valence-corrected chi connectivity index (χ4v) is 2.61. The number of nitrogens with zero attached hydrogens (tertiary/aromatic N) is 3. The molecule has 152 valence electrons. The standard InChI is InChI=1S/C18H13Cl2F3N4O2/c1-27(2)9-3-6-13(24-8-9)16-25-15(18(21,22)23)14(17(28)26-16)29-10-4-5-11(19)12(20)7-10/h3-8H,1-2H3,(H,25,26,28). The van der Waals surface area contributed by atoms with Crippen LogP contribution in [0.25, 0.3) is 11.5 Å². The Hall–Kier alpha value is -2.78. The molecule has 1 N–H and O–H groups in total. The molecule has 0 atom stereocenters. The first-order valence-electron chi connectivity index (χ1n) is 8.04. The van der Waals surface area contributed by atoms with Gasteiger partial charge >= 0.3 is 6.18 Å². The van der Waals surface area contributed by atoms with Crippen molar-refractivity contribution in [2.45, 2.75) is 6.18 Å². The van der Waals surface area contributed by atoms with E-state index in [2.05, 4.69) is 15.0 Å². The zero-order chi connectivity index (χ0) is 21.3. The van der Waals surface area contributed by atoms with Crippen molar-refractivity contribution in [1.82, 2.24) is 15.0 Å². The van der Waals surface area contributed by atoms with Crippen molar-refractivity contribution in [3.8, 4) is 23.0 Å². The van der Waals surface area contributed by atoms with Crippen LogP contribution in [0, 0.1) is 0 Å². The first-order chi connectivity index (χ1) is 13.6. The topological polar surface area (TPSA) is 71.1 Å². The molecule has 1 aromatic carbocycles. The molecule has 0 aliphatic rings. The second-order valence-electron chi connectivity index (χ2n) is 6.06. The Morgan fingerprint density at radius 2 is 1.83 bits per heavy atom. The highest BCUT2D eigenvalue weighted by atomic mass is 35.5. The maximum atomic E-state index is 13.6. The van der Waals surface area contributed by atoms with Gasteiger partial charge in [-0.05, 0) is 24.3 Å². The van der Waals surface area contributed by atoms with Crippen LogP contribution in [0.1, 0.15) is 5.69 Å². The van der Waals surface area contributed by atoms with E-state index >= 15 is 0 Å². The van der Waals surface area contributed by atoms with Crippen LogP contribution < -0.4 is 15.2 Å². The van der Waals surface area contributed by atoms with Gasteiger partial charge in [0, 0.05) is 20.2 Å². The number of nitrogens with one attached hydrogen (secondary N) is 1. The van der Waals surface area contributed by atoms with Gasteiger partial charge in [-0.1, -0.05) is 23.2 Å². The van der Waals surface area contributed by atoms with E-state index in [0.717, 1.165) is 5.69 Å². The lowest BCUT2D eigenvalue weighted by Crippen LogP contribution is -2.21. The molecule has 0 bridgehead atoms. The van der Waals surface area contributed by atoms with E-state index in [1.165, 1.54) is 30.5 Å². The molecule has 3 rings (SSSR count). The number of aromatic nitrogens is 3. The summed E-state index contributed by atoms with van der Waals surface area (Å²) >= 11 is 11.6. The van der Waals surface area contributed by atoms with Crippen molar-refractivity contribution in [2.24, 2.45) is 0 Å². The number of H-pyrrole nitrogens is 1. The molecule has 6 nitrogen and oxygen atoms in total. The van der Waals surface area contributed by atoms with Crippen molar-refractivity contribution in [3.63, 3.8) is 0 Å². The smallest absolute Gasteiger partial charge is 0.437 e. The Morgan fingerprint density at radius 1 is 1.10 bits per heavy atom. The second-order valence-corrected chi connectivity index (χ2v) is 6.88. The van der Waals surface area contributed by atoms with Crippen LogP contribution in [0.3, 0.4) is 0 Å². The highest BCUT2D eigenvalue weighted by molar-refractivity contribution is 6.42. The number of hydrogen-bond donors (Lipinski definition) is 1. The zero-order valence-corrected chi connectivity index (χ0v) is 16.5. The van der Waals surface area contributed by atoms with E-state index in [-0.39, 0.29) is 27.3 Å². The van der Waals surface area contributed by atoms with Gasteiger partial charge in [0.05, 0.1) is 21.9 Å². The summed E-state index contributed by atoms with van der Waals surface area (Å²) in [6, 6.07) is 6.89. The molecule has 29 heavy (non-hydrogen) atoms. The summed E-state index contributed by atoms with van der Waals surface area (Å²) in [6.07, 6.45) is -3.50. The first-order valence-corrected chi connectivity index (χ1v) is 8.80.